The predicted molar refractivity (Wildman–Crippen MR) is 63.7 cm³/mol. The summed E-state index contributed by atoms with van der Waals surface area (Å²) in [6.07, 6.45) is 3.97. The third-order valence-corrected chi connectivity index (χ3v) is 2.36. The third-order valence-electron chi connectivity index (χ3n) is 2.36. The van der Waals surface area contributed by atoms with Crippen LogP contribution in [0.15, 0.2) is 24.3 Å². The average Bonchev–Trinajstić information content (AvgIpc) is 2.20. The summed E-state index contributed by atoms with van der Waals surface area (Å²) in [6.45, 7) is 6.04. The molecule has 1 heterocycles. The lowest BCUT2D eigenvalue weighted by molar-refractivity contribution is 1.16. The number of hydrogen-bond donors (Lipinski definition) is 0. The van der Waals surface area contributed by atoms with Gasteiger partial charge in [-0.3, -0.25) is 0 Å². The number of nitrogens with zero attached hydrogens (tertiary/aromatic N) is 2. The summed E-state index contributed by atoms with van der Waals surface area (Å²) in [5, 5.41) is 0. The minimum absolute atomic E-state index is 0.954. The summed E-state index contributed by atoms with van der Waals surface area (Å²) >= 11 is 0. The van der Waals surface area contributed by atoms with E-state index >= 15 is 0 Å². The first-order chi connectivity index (χ1) is 7.20. The quantitative estimate of drug-likeness (QED) is 0.702. The fourth-order valence-electron chi connectivity index (χ4n) is 1.58. The van der Waals surface area contributed by atoms with Gasteiger partial charge < -0.3 is 0 Å². The zero-order valence-electron chi connectivity index (χ0n) is 9.28. The van der Waals surface area contributed by atoms with Crippen LogP contribution in [0.1, 0.15) is 23.9 Å². The minimum atomic E-state index is 0.954. The van der Waals surface area contributed by atoms with E-state index in [0.29, 0.717) is 0 Å². The number of aryl methyl sites for hydroxylation is 2. The number of fused-ring (bicyclic) bond motifs is 1. The second kappa shape index (κ2) is 3.81. The number of aromatic nitrogens is 2. The van der Waals surface area contributed by atoms with Crippen molar-refractivity contribution < 1.29 is 0 Å². The lowest BCUT2D eigenvalue weighted by atomic mass is 10.2. The van der Waals surface area contributed by atoms with Crippen LogP contribution < -0.4 is 0 Å². The van der Waals surface area contributed by atoms with Crippen molar-refractivity contribution in [2.75, 3.05) is 0 Å². The van der Waals surface area contributed by atoms with E-state index in [1.165, 1.54) is 5.56 Å². The topological polar surface area (TPSA) is 25.8 Å². The Morgan fingerprint density at radius 3 is 2.60 bits per heavy atom. The van der Waals surface area contributed by atoms with Crippen LogP contribution in [-0.2, 0) is 0 Å². The van der Waals surface area contributed by atoms with Gasteiger partial charge in [-0.05, 0) is 44.5 Å². The Morgan fingerprint density at radius 2 is 1.87 bits per heavy atom. The predicted octanol–water partition coefficient (Wildman–Crippen LogP) is 3.28. The fourth-order valence-corrected chi connectivity index (χ4v) is 1.58. The molecule has 1 aromatic carbocycles. The molecule has 0 aliphatic carbocycles. The average molecular weight is 198 g/mol. The number of hydrogen-bond acceptors (Lipinski definition) is 2. The second-order valence-electron chi connectivity index (χ2n) is 3.69. The molecule has 15 heavy (non-hydrogen) atoms. The van der Waals surface area contributed by atoms with Crippen LogP contribution in [-0.4, -0.2) is 9.97 Å². The molecule has 76 valence electrons. The lowest BCUT2D eigenvalue weighted by Crippen LogP contribution is -1.93. The van der Waals surface area contributed by atoms with E-state index in [1.807, 2.05) is 32.1 Å². The molecule has 0 atom stereocenters. The van der Waals surface area contributed by atoms with Crippen LogP contribution >= 0.6 is 0 Å². The highest BCUT2D eigenvalue weighted by atomic mass is 14.8. The van der Waals surface area contributed by atoms with Gasteiger partial charge in [0.25, 0.3) is 0 Å². The molecule has 0 radical (unpaired) electrons. The third kappa shape index (κ3) is 1.89. The number of benzene rings is 1. The molecule has 0 bridgehead atoms. The SMILES string of the molecule is CC=Cc1nc2cc(C)ccc2nc1C. The summed E-state index contributed by atoms with van der Waals surface area (Å²) < 4.78 is 0. The molecule has 0 fully saturated rings. The van der Waals surface area contributed by atoms with Gasteiger partial charge in [0, 0.05) is 0 Å². The Balaban J connectivity index is 2.71. The molecule has 0 amide bonds. The Labute approximate surface area is 89.7 Å². The molecule has 0 saturated carbocycles. The normalized spacial score (nSPS) is 11.4. The van der Waals surface area contributed by atoms with Crippen molar-refractivity contribution in [3.63, 3.8) is 0 Å². The van der Waals surface area contributed by atoms with Crippen molar-refractivity contribution in [1.82, 2.24) is 9.97 Å². The van der Waals surface area contributed by atoms with E-state index in [4.69, 9.17) is 0 Å². The first kappa shape index (κ1) is 9.84. The van der Waals surface area contributed by atoms with Crippen LogP contribution in [0.25, 0.3) is 17.1 Å². The highest BCUT2D eigenvalue weighted by molar-refractivity contribution is 5.76. The number of allylic oxidation sites excluding steroid dienone is 1. The van der Waals surface area contributed by atoms with E-state index in [0.717, 1.165) is 22.4 Å². The molecule has 2 heteroatoms. The summed E-state index contributed by atoms with van der Waals surface area (Å²) in [4.78, 5) is 9.10. The van der Waals surface area contributed by atoms with Gasteiger partial charge in [-0.15, -0.1) is 0 Å². The maximum atomic E-state index is 4.58. The summed E-state index contributed by atoms with van der Waals surface area (Å²) in [5.41, 5.74) is 5.08. The van der Waals surface area contributed by atoms with Crippen LogP contribution in [0.5, 0.6) is 0 Å². The standard InChI is InChI=1S/C13H14N2/c1-4-5-11-10(3)14-12-7-6-9(2)8-13(12)15-11/h4-8H,1-3H3. The maximum Gasteiger partial charge on any atom is 0.0896 e. The van der Waals surface area contributed by atoms with Gasteiger partial charge >= 0.3 is 0 Å². The highest BCUT2D eigenvalue weighted by Gasteiger charge is 2.01. The Kier molecular flexibility index (Phi) is 2.50. The van der Waals surface area contributed by atoms with Gasteiger partial charge in [0.1, 0.15) is 0 Å². The van der Waals surface area contributed by atoms with Crippen LogP contribution in [0.4, 0.5) is 0 Å². The number of rotatable bonds is 1. The van der Waals surface area contributed by atoms with E-state index < -0.39 is 0 Å². The molecule has 2 aromatic rings. The largest absolute Gasteiger partial charge is 0.249 e. The monoisotopic (exact) mass is 198 g/mol. The van der Waals surface area contributed by atoms with E-state index in [2.05, 4.69) is 29.0 Å². The summed E-state index contributed by atoms with van der Waals surface area (Å²) in [6, 6.07) is 6.14. The van der Waals surface area contributed by atoms with Crippen molar-refractivity contribution >= 4 is 17.1 Å². The fraction of sp³-hybridized carbons (Fsp3) is 0.231. The van der Waals surface area contributed by atoms with Crippen molar-refractivity contribution in [1.29, 1.82) is 0 Å². The molecule has 0 aliphatic rings. The van der Waals surface area contributed by atoms with Crippen molar-refractivity contribution in [2.24, 2.45) is 0 Å². The Bertz CT molecular complexity index is 527. The molecule has 0 unspecified atom stereocenters. The molecular weight excluding hydrogens is 184 g/mol. The first-order valence-corrected chi connectivity index (χ1v) is 5.08. The second-order valence-corrected chi connectivity index (χ2v) is 3.69. The van der Waals surface area contributed by atoms with Crippen molar-refractivity contribution in [3.05, 3.63) is 41.2 Å². The molecule has 0 N–H and O–H groups in total. The molecule has 0 saturated heterocycles. The Morgan fingerprint density at radius 1 is 1.07 bits per heavy atom. The van der Waals surface area contributed by atoms with E-state index in [9.17, 15) is 0 Å². The van der Waals surface area contributed by atoms with Crippen LogP contribution in [0.3, 0.4) is 0 Å². The van der Waals surface area contributed by atoms with Gasteiger partial charge in [-0.25, -0.2) is 9.97 Å². The zero-order chi connectivity index (χ0) is 10.8. The lowest BCUT2D eigenvalue weighted by Gasteiger charge is -2.03. The van der Waals surface area contributed by atoms with Gasteiger partial charge in [-0.2, -0.15) is 0 Å². The van der Waals surface area contributed by atoms with Crippen LogP contribution in [0.2, 0.25) is 0 Å². The van der Waals surface area contributed by atoms with E-state index in [1.54, 1.807) is 0 Å². The zero-order valence-corrected chi connectivity index (χ0v) is 9.28. The molecular formula is C13H14N2. The Hall–Kier alpha value is -1.70. The molecule has 1 aromatic heterocycles. The highest BCUT2D eigenvalue weighted by Crippen LogP contribution is 2.15. The van der Waals surface area contributed by atoms with Crippen molar-refractivity contribution in [3.8, 4) is 0 Å². The van der Waals surface area contributed by atoms with Gasteiger partial charge in [0.05, 0.1) is 22.4 Å². The van der Waals surface area contributed by atoms with Crippen LogP contribution in [0, 0.1) is 13.8 Å². The summed E-state index contributed by atoms with van der Waals surface area (Å²) in [7, 11) is 0. The van der Waals surface area contributed by atoms with Crippen molar-refractivity contribution in [2.45, 2.75) is 20.8 Å². The summed E-state index contributed by atoms with van der Waals surface area (Å²) in [5.74, 6) is 0. The van der Waals surface area contributed by atoms with E-state index in [-0.39, 0.29) is 0 Å². The minimum Gasteiger partial charge on any atom is -0.249 e. The first-order valence-electron chi connectivity index (χ1n) is 5.08. The molecule has 2 nitrogen and oxygen atoms in total. The molecule has 0 aliphatic heterocycles. The van der Waals surface area contributed by atoms with Gasteiger partial charge in [0.15, 0.2) is 0 Å². The van der Waals surface area contributed by atoms with Gasteiger partial charge in [0.2, 0.25) is 0 Å². The van der Waals surface area contributed by atoms with Gasteiger partial charge in [-0.1, -0.05) is 12.1 Å². The smallest absolute Gasteiger partial charge is 0.0896 e. The molecule has 0 spiro atoms. The maximum absolute atomic E-state index is 4.58. The molecule has 2 rings (SSSR count).